The minimum absolute atomic E-state index is 0.285. The van der Waals surface area contributed by atoms with Gasteiger partial charge in [-0.1, -0.05) is 0 Å². The van der Waals surface area contributed by atoms with Crippen molar-refractivity contribution < 1.29 is 9.13 Å². The zero-order valence-electron chi connectivity index (χ0n) is 17.2. The van der Waals surface area contributed by atoms with Crippen LogP contribution in [0.2, 0.25) is 0 Å². The maximum absolute atomic E-state index is 14.9. The van der Waals surface area contributed by atoms with E-state index < -0.39 is 5.82 Å². The van der Waals surface area contributed by atoms with Gasteiger partial charge in [0.05, 0.1) is 28.6 Å². The molecule has 5 aromatic rings. The van der Waals surface area contributed by atoms with Crippen molar-refractivity contribution >= 4 is 33.6 Å². The number of nitrogens with zero attached hydrogens (tertiary/aromatic N) is 5. The molecule has 0 amide bonds. The Morgan fingerprint density at radius 1 is 0.968 bits per heavy atom. The lowest BCUT2D eigenvalue weighted by atomic mass is 10.2. The van der Waals surface area contributed by atoms with Crippen LogP contribution in [0.5, 0.6) is 11.5 Å². The fourth-order valence-electron chi connectivity index (χ4n) is 3.43. The summed E-state index contributed by atoms with van der Waals surface area (Å²) in [6.45, 7) is 3.75. The summed E-state index contributed by atoms with van der Waals surface area (Å²) in [5.41, 5.74) is 4.97. The van der Waals surface area contributed by atoms with Crippen LogP contribution >= 0.6 is 0 Å². The van der Waals surface area contributed by atoms with E-state index in [2.05, 4.69) is 25.3 Å². The first kappa shape index (κ1) is 18.9. The van der Waals surface area contributed by atoms with E-state index >= 15 is 0 Å². The number of rotatable bonds is 4. The van der Waals surface area contributed by atoms with Crippen LogP contribution in [0, 0.1) is 19.7 Å². The van der Waals surface area contributed by atoms with Crippen LogP contribution in [0.3, 0.4) is 0 Å². The van der Waals surface area contributed by atoms with E-state index in [0.717, 1.165) is 22.3 Å². The SMILES string of the molecule is Cc1ccc2ncnc(Nc3cc(C)c(Oc4ccc5c(c4)ncn5C)cc3F)c2n1. The number of imidazole rings is 1. The van der Waals surface area contributed by atoms with Crippen molar-refractivity contribution in [3.05, 3.63) is 72.2 Å². The Balaban J connectivity index is 1.46. The van der Waals surface area contributed by atoms with Crippen LogP contribution in [0.15, 0.2) is 55.1 Å². The van der Waals surface area contributed by atoms with Gasteiger partial charge >= 0.3 is 0 Å². The number of fused-ring (bicyclic) bond motifs is 2. The first-order valence-corrected chi connectivity index (χ1v) is 9.72. The molecule has 8 heteroatoms. The molecular weight excluding hydrogens is 395 g/mol. The quantitative estimate of drug-likeness (QED) is 0.435. The lowest BCUT2D eigenvalue weighted by molar-refractivity contribution is 0.474. The molecule has 0 bridgehead atoms. The Kier molecular flexibility index (Phi) is 4.47. The smallest absolute Gasteiger partial charge is 0.160 e. The van der Waals surface area contributed by atoms with E-state index in [4.69, 9.17) is 4.74 Å². The van der Waals surface area contributed by atoms with Gasteiger partial charge in [0.1, 0.15) is 29.2 Å². The second-order valence-corrected chi connectivity index (χ2v) is 7.37. The number of hydrogen-bond acceptors (Lipinski definition) is 6. The largest absolute Gasteiger partial charge is 0.457 e. The molecule has 0 radical (unpaired) electrons. The number of aryl methyl sites for hydroxylation is 3. The normalized spacial score (nSPS) is 11.2. The molecule has 3 aromatic heterocycles. The third-order valence-corrected chi connectivity index (χ3v) is 5.06. The Morgan fingerprint density at radius 2 is 1.84 bits per heavy atom. The average Bonchev–Trinajstić information content (AvgIpc) is 3.12. The molecular formula is C23H19FN6O. The number of ether oxygens (including phenoxy) is 1. The molecule has 0 fully saturated rings. The number of anilines is 2. The van der Waals surface area contributed by atoms with Crippen LogP contribution in [-0.4, -0.2) is 24.5 Å². The molecule has 5 rings (SSSR count). The Labute approximate surface area is 177 Å². The van der Waals surface area contributed by atoms with Gasteiger partial charge in [0.25, 0.3) is 0 Å². The van der Waals surface area contributed by atoms with Gasteiger partial charge in [-0.05, 0) is 49.7 Å². The van der Waals surface area contributed by atoms with Gasteiger partial charge in [-0.3, -0.25) is 0 Å². The van der Waals surface area contributed by atoms with E-state index in [-0.39, 0.29) is 5.69 Å². The number of pyridine rings is 1. The molecule has 0 atom stereocenters. The summed E-state index contributed by atoms with van der Waals surface area (Å²) in [4.78, 5) is 17.3. The summed E-state index contributed by atoms with van der Waals surface area (Å²) < 4.78 is 22.8. The fraction of sp³-hybridized carbons (Fsp3) is 0.130. The zero-order valence-corrected chi connectivity index (χ0v) is 17.2. The Bertz CT molecular complexity index is 1450. The summed E-state index contributed by atoms with van der Waals surface area (Å²) in [5.74, 6) is 1.01. The highest BCUT2D eigenvalue weighted by molar-refractivity contribution is 5.87. The van der Waals surface area contributed by atoms with Crippen LogP contribution in [0.25, 0.3) is 22.1 Å². The van der Waals surface area contributed by atoms with Gasteiger partial charge in [-0.25, -0.2) is 24.3 Å². The van der Waals surface area contributed by atoms with Gasteiger partial charge in [0, 0.05) is 24.9 Å². The van der Waals surface area contributed by atoms with Crippen LogP contribution in [-0.2, 0) is 7.05 Å². The lowest BCUT2D eigenvalue weighted by Gasteiger charge is -2.13. The van der Waals surface area contributed by atoms with Crippen molar-refractivity contribution in [3.63, 3.8) is 0 Å². The van der Waals surface area contributed by atoms with Crippen molar-refractivity contribution in [3.8, 4) is 11.5 Å². The van der Waals surface area contributed by atoms with Crippen molar-refractivity contribution in [2.75, 3.05) is 5.32 Å². The average molecular weight is 414 g/mol. The number of hydrogen-bond donors (Lipinski definition) is 1. The fourth-order valence-corrected chi connectivity index (χ4v) is 3.43. The third-order valence-electron chi connectivity index (χ3n) is 5.06. The highest BCUT2D eigenvalue weighted by Gasteiger charge is 2.13. The van der Waals surface area contributed by atoms with E-state index in [1.807, 2.05) is 55.8 Å². The van der Waals surface area contributed by atoms with E-state index in [1.165, 1.54) is 12.4 Å². The molecule has 0 saturated heterocycles. The van der Waals surface area contributed by atoms with E-state index in [0.29, 0.717) is 28.4 Å². The summed E-state index contributed by atoms with van der Waals surface area (Å²) in [6, 6.07) is 12.4. The number of halogens is 1. The molecule has 7 nitrogen and oxygen atoms in total. The summed E-state index contributed by atoms with van der Waals surface area (Å²) in [7, 11) is 1.93. The molecule has 0 aliphatic carbocycles. The third kappa shape index (κ3) is 3.52. The number of benzene rings is 2. The van der Waals surface area contributed by atoms with Crippen molar-refractivity contribution in [1.82, 2.24) is 24.5 Å². The first-order valence-electron chi connectivity index (χ1n) is 9.72. The van der Waals surface area contributed by atoms with Gasteiger partial charge in [-0.15, -0.1) is 0 Å². The molecule has 0 unspecified atom stereocenters. The predicted molar refractivity (Wildman–Crippen MR) is 117 cm³/mol. The molecule has 3 heterocycles. The highest BCUT2D eigenvalue weighted by Crippen LogP contribution is 2.32. The lowest BCUT2D eigenvalue weighted by Crippen LogP contribution is -2.01. The van der Waals surface area contributed by atoms with Gasteiger partial charge < -0.3 is 14.6 Å². The molecule has 154 valence electrons. The standard InChI is InChI=1S/C23H19FN6O/c1-13-8-18(29-23-22-17(25-11-26-23)6-4-14(2)28-22)16(24)10-21(13)31-15-5-7-20-19(9-15)27-12-30(20)3/h4-12H,1-3H3,(H,25,26,29). The summed E-state index contributed by atoms with van der Waals surface area (Å²) in [5, 5.41) is 3.04. The van der Waals surface area contributed by atoms with E-state index in [9.17, 15) is 4.39 Å². The maximum atomic E-state index is 14.9. The molecule has 0 aliphatic heterocycles. The minimum atomic E-state index is -0.459. The molecule has 2 aromatic carbocycles. The number of aromatic nitrogens is 5. The Hall–Kier alpha value is -4.07. The first-order chi connectivity index (χ1) is 15.0. The van der Waals surface area contributed by atoms with Gasteiger partial charge in [0.2, 0.25) is 0 Å². The minimum Gasteiger partial charge on any atom is -0.457 e. The van der Waals surface area contributed by atoms with Crippen LogP contribution in [0.1, 0.15) is 11.3 Å². The predicted octanol–water partition coefficient (Wildman–Crippen LogP) is 5.20. The van der Waals surface area contributed by atoms with Crippen molar-refractivity contribution in [2.45, 2.75) is 13.8 Å². The maximum Gasteiger partial charge on any atom is 0.160 e. The molecule has 0 spiro atoms. The second kappa shape index (κ2) is 7.32. The molecule has 0 saturated carbocycles. The number of nitrogens with one attached hydrogen (secondary N) is 1. The van der Waals surface area contributed by atoms with Gasteiger partial charge in [-0.2, -0.15) is 0 Å². The van der Waals surface area contributed by atoms with E-state index in [1.54, 1.807) is 12.4 Å². The highest BCUT2D eigenvalue weighted by atomic mass is 19.1. The molecule has 31 heavy (non-hydrogen) atoms. The topological polar surface area (TPSA) is 77.8 Å². The summed E-state index contributed by atoms with van der Waals surface area (Å²) in [6.07, 6.45) is 3.17. The van der Waals surface area contributed by atoms with Crippen molar-refractivity contribution in [2.24, 2.45) is 7.05 Å². The van der Waals surface area contributed by atoms with Crippen LogP contribution in [0.4, 0.5) is 15.9 Å². The molecule has 0 aliphatic rings. The second-order valence-electron chi connectivity index (χ2n) is 7.37. The van der Waals surface area contributed by atoms with Crippen molar-refractivity contribution in [1.29, 1.82) is 0 Å². The monoisotopic (exact) mass is 414 g/mol. The van der Waals surface area contributed by atoms with Gasteiger partial charge in [0.15, 0.2) is 5.82 Å². The zero-order chi connectivity index (χ0) is 21.5. The van der Waals surface area contributed by atoms with Crippen LogP contribution < -0.4 is 10.1 Å². The summed E-state index contributed by atoms with van der Waals surface area (Å²) >= 11 is 0. The Morgan fingerprint density at radius 3 is 2.71 bits per heavy atom. The molecule has 1 N–H and O–H groups in total.